The largest absolute Gasteiger partial charge is 0.462 e. The number of aliphatic hydroxyl groups excluding tert-OH is 4. The highest BCUT2D eigenvalue weighted by Crippen LogP contribution is 2.71. The predicted octanol–water partition coefficient (Wildman–Crippen LogP) is 4.09. The van der Waals surface area contributed by atoms with Gasteiger partial charge in [-0.3, -0.25) is 9.59 Å². The van der Waals surface area contributed by atoms with E-state index in [2.05, 4.69) is 6.92 Å². The number of ether oxygens (including phenoxy) is 15. The van der Waals surface area contributed by atoms with Crippen molar-refractivity contribution in [1.29, 1.82) is 0 Å². The summed E-state index contributed by atoms with van der Waals surface area (Å²) in [5.41, 5.74) is -4.54. The fraction of sp³-hybridized carbons (Fsp3) is 0.967. The van der Waals surface area contributed by atoms with Crippen LogP contribution in [-0.2, 0) is 80.6 Å². The maximum atomic E-state index is 13.1. The second-order valence-electron chi connectivity index (χ2n) is 26.8. The van der Waals surface area contributed by atoms with Crippen LogP contribution >= 0.6 is 0 Å². The first-order valence-electron chi connectivity index (χ1n) is 31.3. The van der Waals surface area contributed by atoms with Crippen LogP contribution in [0.3, 0.4) is 0 Å². The zero-order valence-corrected chi connectivity index (χ0v) is 52.0. The molecule has 9 aliphatic rings. The van der Waals surface area contributed by atoms with Crippen LogP contribution in [0.5, 0.6) is 0 Å². The van der Waals surface area contributed by atoms with Gasteiger partial charge >= 0.3 is 11.9 Å². The molecule has 0 aromatic carbocycles. The maximum absolute atomic E-state index is 13.1. The molecule has 0 spiro atoms. The lowest BCUT2D eigenvalue weighted by atomic mass is 9.42. The molecule has 5 saturated heterocycles. The van der Waals surface area contributed by atoms with E-state index in [1.807, 2.05) is 34.6 Å². The molecule has 484 valence electrons. The number of hydrogen-bond donors (Lipinski definition) is 6. The Kier molecular flexibility index (Phi) is 21.1. The molecule has 84 heavy (non-hydrogen) atoms. The van der Waals surface area contributed by atoms with Crippen LogP contribution in [0.2, 0.25) is 0 Å². The Bertz CT molecular complexity index is 2170. The van der Waals surface area contributed by atoms with Gasteiger partial charge in [-0.25, -0.2) is 0 Å². The first-order valence-corrected chi connectivity index (χ1v) is 31.3. The van der Waals surface area contributed by atoms with E-state index in [4.69, 9.17) is 71.1 Å². The number of carbonyl (C=O) groups excluding carboxylic acids is 2. The molecule has 0 aromatic rings. The van der Waals surface area contributed by atoms with Crippen molar-refractivity contribution in [1.82, 2.24) is 0 Å². The van der Waals surface area contributed by atoms with Crippen molar-refractivity contribution in [2.75, 3.05) is 21.3 Å². The lowest BCUT2D eigenvalue weighted by Gasteiger charge is -2.66. The SMILES string of the molecule is CCC(C)C(=O)O[C@@H](C)[C@]1(O)CC[C@]2(O)[C@@H]3CC[C@H]4C[C@@H](O[C@H]5C[C@H](O)[C@H](O[C@H]6C[C@H](O)[C@H](O[C@H]7C[C@@H](OC)[C@H](O[C@H]8C[C@@H](OC)[C@H](O[C@@H]9O[C@H](C)[C@@H](O)[C@H](OC)[C@H]9O)[C@@H](C)O8)[C@@H](C)O7)[C@@H](C)O6)[C@@H](C)O5)CC[C@]4(C)[C@H]3C[C@@H](OC(C)=O)[C@]12C. The minimum Gasteiger partial charge on any atom is -0.462 e. The molecule has 5 aliphatic heterocycles. The van der Waals surface area contributed by atoms with Gasteiger partial charge in [-0.1, -0.05) is 27.7 Å². The van der Waals surface area contributed by atoms with Crippen LogP contribution in [0, 0.1) is 34.5 Å². The van der Waals surface area contributed by atoms with Gasteiger partial charge in [0.05, 0.1) is 78.0 Å². The quantitative estimate of drug-likeness (QED) is 0.0832. The molecule has 1 unspecified atom stereocenters. The Morgan fingerprint density at radius 2 is 1.10 bits per heavy atom. The predicted molar refractivity (Wildman–Crippen MR) is 295 cm³/mol. The van der Waals surface area contributed by atoms with E-state index < -0.39 is 170 Å². The van der Waals surface area contributed by atoms with Gasteiger partial charge in [0.25, 0.3) is 0 Å². The topological polar surface area (TPSA) is 294 Å². The van der Waals surface area contributed by atoms with Crippen molar-refractivity contribution in [2.24, 2.45) is 34.5 Å². The van der Waals surface area contributed by atoms with Gasteiger partial charge in [-0.05, 0) is 122 Å². The number of fused-ring (bicyclic) bond motifs is 5. The molecule has 32 atom stereocenters. The minimum atomic E-state index is -1.64. The first-order chi connectivity index (χ1) is 39.6. The highest BCUT2D eigenvalue weighted by Gasteiger charge is 2.77. The molecule has 6 N–H and O–H groups in total. The van der Waals surface area contributed by atoms with Crippen LogP contribution in [0.4, 0.5) is 0 Å². The van der Waals surface area contributed by atoms with Gasteiger partial charge in [0.1, 0.15) is 60.5 Å². The summed E-state index contributed by atoms with van der Waals surface area (Å²) < 4.78 is 92.7. The average Bonchev–Trinajstić information content (AvgIpc) is 1.40. The molecule has 0 bridgehead atoms. The fourth-order valence-electron chi connectivity index (χ4n) is 16.8. The Morgan fingerprint density at radius 3 is 1.62 bits per heavy atom. The third kappa shape index (κ3) is 12.5. The zero-order valence-electron chi connectivity index (χ0n) is 52.0. The number of aliphatic hydroxyl groups is 6. The van der Waals surface area contributed by atoms with E-state index in [1.54, 1.807) is 41.9 Å². The smallest absolute Gasteiger partial charge is 0.309 e. The van der Waals surface area contributed by atoms with Gasteiger partial charge in [0.2, 0.25) is 0 Å². The van der Waals surface area contributed by atoms with Crippen LogP contribution in [0.1, 0.15) is 160 Å². The van der Waals surface area contributed by atoms with Crippen molar-refractivity contribution in [3.63, 3.8) is 0 Å². The third-order valence-electron chi connectivity index (χ3n) is 22.1. The van der Waals surface area contributed by atoms with Gasteiger partial charge in [-0.15, -0.1) is 0 Å². The van der Waals surface area contributed by atoms with Crippen molar-refractivity contribution < 1.29 is 111 Å². The number of methoxy groups -OCH3 is 3. The van der Waals surface area contributed by atoms with Crippen LogP contribution < -0.4 is 0 Å². The molecule has 4 saturated carbocycles. The van der Waals surface area contributed by atoms with Crippen molar-refractivity contribution >= 4 is 11.9 Å². The van der Waals surface area contributed by atoms with Crippen molar-refractivity contribution in [3.8, 4) is 0 Å². The molecular weight excluding hydrogens is 1100 g/mol. The molecule has 0 radical (unpaired) electrons. The minimum absolute atomic E-state index is 0.0133. The molecule has 9 fully saturated rings. The summed E-state index contributed by atoms with van der Waals surface area (Å²) in [7, 11) is 4.55. The van der Waals surface area contributed by atoms with E-state index in [0.29, 0.717) is 19.3 Å². The van der Waals surface area contributed by atoms with Crippen molar-refractivity contribution in [3.05, 3.63) is 0 Å². The Morgan fingerprint density at radius 1 is 0.571 bits per heavy atom. The highest BCUT2D eigenvalue weighted by atomic mass is 16.8. The van der Waals surface area contributed by atoms with Crippen molar-refractivity contribution in [2.45, 2.75) is 318 Å². The van der Waals surface area contributed by atoms with Gasteiger partial charge in [0, 0.05) is 53.9 Å². The van der Waals surface area contributed by atoms with Gasteiger partial charge < -0.3 is 102 Å². The Balaban J connectivity index is 0.740. The second-order valence-corrected chi connectivity index (χ2v) is 26.8. The molecule has 5 heterocycles. The molecule has 23 heteroatoms. The summed E-state index contributed by atoms with van der Waals surface area (Å²) in [5, 5.41) is 70.3. The molecule has 0 amide bonds. The average molecular weight is 1200 g/mol. The first kappa shape index (κ1) is 66.6. The summed E-state index contributed by atoms with van der Waals surface area (Å²) in [6.45, 7) is 19.8. The Labute approximate surface area is 495 Å². The normalized spacial score (nSPS) is 51.4. The summed E-state index contributed by atoms with van der Waals surface area (Å²) in [4.78, 5) is 25.9. The van der Waals surface area contributed by atoms with Crippen LogP contribution in [-0.4, -0.2) is 223 Å². The lowest BCUT2D eigenvalue weighted by Crippen LogP contribution is -2.72. The number of rotatable bonds is 18. The van der Waals surface area contributed by atoms with E-state index in [0.717, 1.165) is 25.7 Å². The Hall–Kier alpha value is -1.82. The molecule has 4 aliphatic carbocycles. The van der Waals surface area contributed by atoms with E-state index in [1.165, 1.54) is 14.0 Å². The summed E-state index contributed by atoms with van der Waals surface area (Å²) in [5.74, 6) is -1.21. The standard InChI is InChI=1S/C61H102O23/c1-15-28(2)56(67)78-34(8)60(68)20-21-61(69)38-17-16-36-22-37(18-19-58(36,10)39(38)23-44(59(60,61)11)79-35(9)62)80-45-24-40(63)51(30(4)73-45)81-46-25-41(64)52(31(5)74-46)82-47-26-42(70-12)53(32(6)75-47)83-48-27-43(71-13)54(33(7)76-48)84-57-50(66)55(72-14)49(65)29(3)77-57/h28-34,36-55,57,63-66,68-69H,15-27H2,1-14H3/t28?,29-,30-,31-,32-,33-,34+,36+,37+,38-,39+,40+,41+,42-,43-,44-,45+,46+,47+,48+,49-,50-,51-,52-,53-,54-,55+,57+,58+,59-,60-,61+/m1/s1. The molecule has 0 aromatic heterocycles. The van der Waals surface area contributed by atoms with Crippen LogP contribution in [0.15, 0.2) is 0 Å². The highest BCUT2D eigenvalue weighted by molar-refractivity contribution is 5.72. The number of carbonyl (C=O) groups is 2. The molecule has 23 nitrogen and oxygen atoms in total. The monoisotopic (exact) mass is 1200 g/mol. The second kappa shape index (κ2) is 26.6. The van der Waals surface area contributed by atoms with E-state index in [9.17, 15) is 40.2 Å². The zero-order chi connectivity index (χ0) is 61.1. The molecule has 9 rings (SSSR count). The molecular formula is C61H102O23. The van der Waals surface area contributed by atoms with E-state index >= 15 is 0 Å². The third-order valence-corrected chi connectivity index (χ3v) is 22.1. The summed E-state index contributed by atoms with van der Waals surface area (Å²) in [6.07, 6.45) is -11.9. The summed E-state index contributed by atoms with van der Waals surface area (Å²) in [6, 6.07) is 0. The lowest BCUT2D eigenvalue weighted by molar-refractivity contribution is -0.357. The van der Waals surface area contributed by atoms with E-state index in [-0.39, 0.29) is 73.7 Å². The number of hydrogen-bond acceptors (Lipinski definition) is 23. The van der Waals surface area contributed by atoms with Gasteiger partial charge in [-0.2, -0.15) is 0 Å². The van der Waals surface area contributed by atoms with Crippen LogP contribution in [0.25, 0.3) is 0 Å². The summed E-state index contributed by atoms with van der Waals surface area (Å²) >= 11 is 0. The number of esters is 2. The maximum Gasteiger partial charge on any atom is 0.309 e. The van der Waals surface area contributed by atoms with Gasteiger partial charge in [0.15, 0.2) is 31.5 Å². The fourth-order valence-corrected chi connectivity index (χ4v) is 16.8.